The van der Waals surface area contributed by atoms with Gasteiger partial charge in [0.15, 0.2) is 0 Å². The first kappa shape index (κ1) is 21.3. The molecule has 0 aromatic carbocycles. The van der Waals surface area contributed by atoms with Gasteiger partial charge in [0.05, 0.1) is 22.4 Å². The number of nitriles is 1. The van der Waals surface area contributed by atoms with E-state index in [9.17, 15) is 14.7 Å². The summed E-state index contributed by atoms with van der Waals surface area (Å²) in [6.07, 6.45) is 6.73. The molecule has 36 heavy (non-hydrogen) atoms. The van der Waals surface area contributed by atoms with Crippen LogP contribution in [0.25, 0.3) is 16.9 Å². The van der Waals surface area contributed by atoms with Crippen LogP contribution in [0.1, 0.15) is 59.6 Å². The Morgan fingerprint density at radius 1 is 1.25 bits per heavy atom. The molecule has 1 saturated carbocycles. The van der Waals surface area contributed by atoms with Crippen molar-refractivity contribution >= 4 is 28.5 Å². The number of pyridine rings is 2. The molecular weight excluding hydrogens is 458 g/mol. The third kappa shape index (κ3) is 5.63. The molecule has 1 fully saturated rings. The van der Waals surface area contributed by atoms with Crippen LogP contribution in [0.2, 0.25) is 0 Å². The lowest BCUT2D eigenvalue weighted by atomic mass is 9.85. The predicted molar refractivity (Wildman–Crippen MR) is 136 cm³/mol. The van der Waals surface area contributed by atoms with Gasteiger partial charge in [-0.3, -0.25) is 14.2 Å². The van der Waals surface area contributed by atoms with Gasteiger partial charge in [0.2, 0.25) is 5.91 Å². The number of aromatic nitrogens is 3. The van der Waals surface area contributed by atoms with E-state index in [1.165, 1.54) is 12.4 Å². The van der Waals surface area contributed by atoms with Crippen molar-refractivity contribution in [2.45, 2.75) is 51.2 Å². The van der Waals surface area contributed by atoms with Crippen LogP contribution in [0.4, 0.5) is 5.69 Å². The summed E-state index contributed by atoms with van der Waals surface area (Å²) >= 11 is 0. The number of anilines is 1. The molecule has 3 heterocycles. The largest absolute Gasteiger partial charge is 0.389 e. The minimum Gasteiger partial charge on any atom is -0.389 e. The lowest BCUT2D eigenvalue weighted by Crippen LogP contribution is -2.40. The Labute approximate surface area is 214 Å². The average molecular weight is 493 g/mol. The lowest BCUT2D eigenvalue weighted by Gasteiger charge is -2.28. The van der Waals surface area contributed by atoms with Crippen LogP contribution in [0.3, 0.4) is 0 Å². The molecule has 0 radical (unpaired) electrons. The molecule has 10 heteroatoms. The van der Waals surface area contributed by atoms with Crippen molar-refractivity contribution in [3.05, 3.63) is 47.9 Å². The Balaban J connectivity index is 1.52. The number of carbonyl (C=O) groups is 2. The van der Waals surface area contributed by atoms with Crippen molar-refractivity contribution in [3.8, 4) is 11.9 Å². The van der Waals surface area contributed by atoms with E-state index in [0.29, 0.717) is 54.0 Å². The quantitative estimate of drug-likeness (QED) is 0.396. The standard InChI is InChI=1S/C26H31N7O3/c1-26(2,36)15-31-21-11-22(33-9-8-18-10-16(12-27)13-30-23(18)33)29-14-20(21)25(35)32-19-6-4-17(5-7-19)24(34)28-3/h8-11,13-14,17,19,36H,4-7,15H2,1-3H3,(H,28,34)(H,29,31)(H,32,35)/t17-,19-/i3D3. The van der Waals surface area contributed by atoms with Crippen LogP contribution in [0, 0.1) is 17.2 Å². The molecule has 0 spiro atoms. The Bertz CT molecular complexity index is 1410. The SMILES string of the molecule is [2H]C([2H])([2H])NC(=O)[C@H]1CC[C@H](NC(=O)c2cnc(-n3ccc4cc(C#N)cnc43)cc2NCC(C)(C)O)CC1. The number of hydrogen-bond acceptors (Lipinski definition) is 7. The highest BCUT2D eigenvalue weighted by molar-refractivity contribution is 5.99. The van der Waals surface area contributed by atoms with Gasteiger partial charge in [-0.1, -0.05) is 0 Å². The number of fused-ring (bicyclic) bond motifs is 1. The maximum atomic E-state index is 13.3. The highest BCUT2D eigenvalue weighted by Crippen LogP contribution is 2.26. The van der Waals surface area contributed by atoms with Crippen LogP contribution < -0.4 is 16.0 Å². The first-order chi connectivity index (χ1) is 18.3. The van der Waals surface area contributed by atoms with Crippen LogP contribution in [0.15, 0.2) is 36.8 Å². The van der Waals surface area contributed by atoms with Gasteiger partial charge < -0.3 is 21.1 Å². The summed E-state index contributed by atoms with van der Waals surface area (Å²) in [5.41, 5.74) is 0.772. The number of amides is 2. The summed E-state index contributed by atoms with van der Waals surface area (Å²) in [5, 5.41) is 28.4. The van der Waals surface area contributed by atoms with E-state index < -0.39 is 24.4 Å². The molecule has 0 atom stereocenters. The molecule has 0 saturated heterocycles. The molecule has 1 aliphatic rings. The van der Waals surface area contributed by atoms with E-state index in [1.54, 1.807) is 36.7 Å². The van der Waals surface area contributed by atoms with Crippen molar-refractivity contribution in [2.24, 2.45) is 5.92 Å². The minimum atomic E-state index is -2.52. The Morgan fingerprint density at radius 3 is 2.72 bits per heavy atom. The fourth-order valence-electron chi connectivity index (χ4n) is 4.35. The number of nitrogens with one attached hydrogen (secondary N) is 3. The molecule has 0 bridgehead atoms. The monoisotopic (exact) mass is 492 g/mol. The van der Waals surface area contributed by atoms with Gasteiger partial charge in [0.25, 0.3) is 5.91 Å². The summed E-state index contributed by atoms with van der Waals surface area (Å²) in [4.78, 5) is 34.3. The van der Waals surface area contributed by atoms with Crippen LogP contribution in [-0.2, 0) is 4.79 Å². The van der Waals surface area contributed by atoms with Gasteiger partial charge in [-0.15, -0.1) is 0 Å². The highest BCUT2D eigenvalue weighted by Gasteiger charge is 2.27. The van der Waals surface area contributed by atoms with Gasteiger partial charge in [-0.05, 0) is 51.7 Å². The second kappa shape index (κ2) is 10.3. The van der Waals surface area contributed by atoms with E-state index in [2.05, 4.69) is 32.0 Å². The summed E-state index contributed by atoms with van der Waals surface area (Å²) < 4.78 is 23.4. The maximum absolute atomic E-state index is 13.3. The third-order valence-electron chi connectivity index (χ3n) is 6.30. The van der Waals surface area contributed by atoms with E-state index >= 15 is 0 Å². The first-order valence-corrected chi connectivity index (χ1v) is 11.8. The summed E-state index contributed by atoms with van der Waals surface area (Å²) in [6, 6.07) is 7.15. The Hall–Kier alpha value is -3.97. The molecule has 3 aromatic heterocycles. The Morgan fingerprint density at radius 2 is 2.03 bits per heavy atom. The minimum absolute atomic E-state index is 0.177. The van der Waals surface area contributed by atoms with E-state index in [1.807, 2.05) is 6.07 Å². The van der Waals surface area contributed by atoms with Gasteiger partial charge in [0, 0.05) is 59.6 Å². The molecule has 10 nitrogen and oxygen atoms in total. The van der Waals surface area contributed by atoms with Crippen molar-refractivity contribution in [1.82, 2.24) is 25.2 Å². The van der Waals surface area contributed by atoms with Crippen molar-refractivity contribution in [1.29, 1.82) is 5.26 Å². The summed E-state index contributed by atoms with van der Waals surface area (Å²) in [7, 11) is 0. The van der Waals surface area contributed by atoms with E-state index in [-0.39, 0.29) is 18.5 Å². The molecule has 4 N–H and O–H groups in total. The zero-order chi connectivity index (χ0) is 28.4. The fourth-order valence-corrected chi connectivity index (χ4v) is 4.35. The number of aliphatic hydroxyl groups is 1. The molecule has 3 aromatic rings. The predicted octanol–water partition coefficient (Wildman–Crippen LogP) is 2.51. The summed E-state index contributed by atoms with van der Waals surface area (Å²) in [6.45, 7) is 0.963. The zero-order valence-corrected chi connectivity index (χ0v) is 20.2. The van der Waals surface area contributed by atoms with Crippen molar-refractivity contribution in [2.75, 3.05) is 18.8 Å². The number of nitrogens with zero attached hydrogens (tertiary/aromatic N) is 4. The van der Waals surface area contributed by atoms with Crippen molar-refractivity contribution in [3.63, 3.8) is 0 Å². The lowest BCUT2D eigenvalue weighted by molar-refractivity contribution is -0.125. The van der Waals surface area contributed by atoms with Gasteiger partial charge in [0.1, 0.15) is 17.5 Å². The number of carbonyl (C=O) groups excluding carboxylic acids is 2. The second-order valence-corrected chi connectivity index (χ2v) is 9.70. The normalized spacial score (nSPS) is 19.4. The topological polar surface area (TPSA) is 145 Å². The summed E-state index contributed by atoms with van der Waals surface area (Å²) in [5.74, 6) is -0.749. The van der Waals surface area contributed by atoms with Crippen LogP contribution in [-0.4, -0.2) is 56.6 Å². The molecule has 1 aliphatic carbocycles. The van der Waals surface area contributed by atoms with E-state index in [4.69, 9.17) is 9.37 Å². The van der Waals surface area contributed by atoms with Crippen LogP contribution >= 0.6 is 0 Å². The number of hydrogen-bond donors (Lipinski definition) is 4. The smallest absolute Gasteiger partial charge is 0.255 e. The van der Waals surface area contributed by atoms with Crippen LogP contribution in [0.5, 0.6) is 0 Å². The molecule has 4 rings (SSSR count). The first-order valence-electron chi connectivity index (χ1n) is 13.3. The zero-order valence-electron chi connectivity index (χ0n) is 23.2. The third-order valence-corrected chi connectivity index (χ3v) is 6.30. The van der Waals surface area contributed by atoms with Gasteiger partial charge >= 0.3 is 0 Å². The van der Waals surface area contributed by atoms with E-state index in [0.717, 1.165) is 5.39 Å². The average Bonchev–Trinajstić information content (AvgIpc) is 3.29. The molecule has 0 unspecified atom stereocenters. The van der Waals surface area contributed by atoms with Gasteiger partial charge in [-0.2, -0.15) is 5.26 Å². The number of rotatable bonds is 7. The molecular formula is C26H31N7O3. The second-order valence-electron chi connectivity index (χ2n) is 9.70. The molecule has 188 valence electrons. The molecule has 2 amide bonds. The van der Waals surface area contributed by atoms with Gasteiger partial charge in [-0.25, -0.2) is 9.97 Å². The highest BCUT2D eigenvalue weighted by atomic mass is 16.3. The van der Waals surface area contributed by atoms with Crippen molar-refractivity contribution < 1.29 is 18.8 Å². The fraction of sp³-hybridized carbons (Fsp3) is 0.423. The maximum Gasteiger partial charge on any atom is 0.255 e. The molecule has 0 aliphatic heterocycles. The Kier molecular flexibility index (Phi) is 6.12.